The predicted molar refractivity (Wildman–Crippen MR) is 75.9 cm³/mol. The van der Waals surface area contributed by atoms with Crippen molar-refractivity contribution in [2.45, 2.75) is 31.8 Å². The first-order valence-corrected chi connectivity index (χ1v) is 6.83. The van der Waals surface area contributed by atoms with E-state index in [1.54, 1.807) is 0 Å². The van der Waals surface area contributed by atoms with E-state index in [0.717, 1.165) is 29.8 Å². The zero-order valence-corrected chi connectivity index (χ0v) is 11.8. The molecule has 102 valence electrons. The molecule has 1 unspecified atom stereocenters. The summed E-state index contributed by atoms with van der Waals surface area (Å²) in [7, 11) is 4.26. The fraction of sp³-hybridized carbons (Fsp3) is 0.533. The lowest BCUT2D eigenvalue weighted by Crippen LogP contribution is -2.43. The van der Waals surface area contributed by atoms with Gasteiger partial charge in [0.1, 0.15) is 5.52 Å². The van der Waals surface area contributed by atoms with E-state index in [-0.39, 0.29) is 0 Å². The molecule has 1 aliphatic carbocycles. The fourth-order valence-electron chi connectivity index (χ4n) is 3.20. The van der Waals surface area contributed by atoms with E-state index < -0.39 is 0 Å². The van der Waals surface area contributed by atoms with Crippen molar-refractivity contribution in [1.82, 2.24) is 9.88 Å². The molecular weight excluding hydrogens is 238 g/mol. The molecule has 1 fully saturated rings. The van der Waals surface area contributed by atoms with Crippen molar-refractivity contribution in [3.05, 3.63) is 29.7 Å². The maximum absolute atomic E-state index is 5.93. The van der Waals surface area contributed by atoms with Crippen LogP contribution in [0.4, 0.5) is 0 Å². The van der Waals surface area contributed by atoms with Crippen molar-refractivity contribution in [2.24, 2.45) is 11.7 Å². The van der Waals surface area contributed by atoms with Gasteiger partial charge in [-0.3, -0.25) is 0 Å². The SMILES string of the molecule is Cc1nc2ccc(C(C3CC(N)C3)N(C)C)cc2o1. The molecule has 0 bridgehead atoms. The Balaban J connectivity index is 1.95. The molecule has 0 spiro atoms. The summed E-state index contributed by atoms with van der Waals surface area (Å²) in [4.78, 5) is 6.63. The Hall–Kier alpha value is -1.39. The lowest BCUT2D eigenvalue weighted by molar-refractivity contribution is 0.123. The third-order valence-electron chi connectivity index (χ3n) is 4.07. The zero-order chi connectivity index (χ0) is 13.6. The first-order valence-electron chi connectivity index (χ1n) is 6.83. The number of aromatic nitrogens is 1. The van der Waals surface area contributed by atoms with Gasteiger partial charge in [-0.15, -0.1) is 0 Å². The highest BCUT2D eigenvalue weighted by atomic mass is 16.3. The zero-order valence-electron chi connectivity index (χ0n) is 11.8. The maximum atomic E-state index is 5.93. The second-order valence-corrected chi connectivity index (χ2v) is 5.86. The van der Waals surface area contributed by atoms with Crippen molar-refractivity contribution in [1.29, 1.82) is 0 Å². The Kier molecular flexibility index (Phi) is 3.07. The van der Waals surface area contributed by atoms with Gasteiger partial charge < -0.3 is 15.1 Å². The molecule has 1 aromatic heterocycles. The molecule has 2 N–H and O–H groups in total. The van der Waals surface area contributed by atoms with Gasteiger partial charge in [0.25, 0.3) is 0 Å². The molecule has 0 amide bonds. The van der Waals surface area contributed by atoms with Crippen LogP contribution < -0.4 is 5.73 Å². The minimum absolute atomic E-state index is 0.378. The molecule has 1 saturated carbocycles. The van der Waals surface area contributed by atoms with Crippen LogP contribution in [0.15, 0.2) is 22.6 Å². The number of oxazole rings is 1. The summed E-state index contributed by atoms with van der Waals surface area (Å²) in [6, 6.07) is 7.14. The second-order valence-electron chi connectivity index (χ2n) is 5.86. The van der Waals surface area contributed by atoms with Gasteiger partial charge >= 0.3 is 0 Å². The largest absolute Gasteiger partial charge is 0.441 e. The molecule has 0 aliphatic heterocycles. The minimum Gasteiger partial charge on any atom is -0.441 e. The van der Waals surface area contributed by atoms with Crippen LogP contribution in [0.1, 0.15) is 30.3 Å². The number of benzene rings is 1. The van der Waals surface area contributed by atoms with E-state index in [1.807, 2.05) is 6.92 Å². The van der Waals surface area contributed by atoms with Gasteiger partial charge in [0.05, 0.1) is 0 Å². The average Bonchev–Trinajstić information content (AvgIpc) is 2.66. The average molecular weight is 259 g/mol. The number of hydrogen-bond donors (Lipinski definition) is 1. The lowest BCUT2D eigenvalue weighted by atomic mass is 9.73. The molecule has 4 nitrogen and oxygen atoms in total. The van der Waals surface area contributed by atoms with Gasteiger partial charge in [0.2, 0.25) is 0 Å². The van der Waals surface area contributed by atoms with Crippen LogP contribution >= 0.6 is 0 Å². The summed E-state index contributed by atoms with van der Waals surface area (Å²) in [6.07, 6.45) is 2.21. The third kappa shape index (κ3) is 2.26. The van der Waals surface area contributed by atoms with E-state index in [1.165, 1.54) is 5.56 Å². The molecule has 4 heteroatoms. The minimum atomic E-state index is 0.378. The Morgan fingerprint density at radius 1 is 1.37 bits per heavy atom. The molecule has 1 aliphatic rings. The maximum Gasteiger partial charge on any atom is 0.192 e. The Labute approximate surface area is 113 Å². The molecule has 3 rings (SSSR count). The molecule has 0 radical (unpaired) electrons. The first-order chi connectivity index (χ1) is 9.04. The van der Waals surface area contributed by atoms with Crippen LogP contribution in [0, 0.1) is 12.8 Å². The van der Waals surface area contributed by atoms with Gasteiger partial charge in [-0.2, -0.15) is 0 Å². The summed E-state index contributed by atoms with van der Waals surface area (Å²) in [6.45, 7) is 1.88. The summed E-state index contributed by atoms with van der Waals surface area (Å²) in [5.74, 6) is 1.37. The van der Waals surface area contributed by atoms with Gasteiger partial charge in [-0.25, -0.2) is 4.98 Å². The Bertz CT molecular complexity index is 584. The molecule has 1 atom stereocenters. The molecular formula is C15H21N3O. The number of aryl methyl sites for hydroxylation is 1. The Morgan fingerprint density at radius 3 is 2.74 bits per heavy atom. The number of nitrogens with zero attached hydrogens (tertiary/aromatic N) is 2. The van der Waals surface area contributed by atoms with E-state index in [4.69, 9.17) is 10.2 Å². The quantitative estimate of drug-likeness (QED) is 0.920. The van der Waals surface area contributed by atoms with E-state index in [2.05, 4.69) is 42.2 Å². The highest BCUT2D eigenvalue weighted by Crippen LogP contribution is 2.40. The van der Waals surface area contributed by atoms with Crippen molar-refractivity contribution in [3.63, 3.8) is 0 Å². The summed E-state index contributed by atoms with van der Waals surface area (Å²) < 4.78 is 5.64. The molecule has 1 heterocycles. The van der Waals surface area contributed by atoms with Crippen LogP contribution in [0.3, 0.4) is 0 Å². The molecule has 19 heavy (non-hydrogen) atoms. The smallest absolute Gasteiger partial charge is 0.192 e. The van der Waals surface area contributed by atoms with Crippen LogP contribution in [0.2, 0.25) is 0 Å². The highest BCUT2D eigenvalue weighted by molar-refractivity contribution is 5.73. The summed E-state index contributed by atoms with van der Waals surface area (Å²) in [5.41, 5.74) is 9.04. The van der Waals surface area contributed by atoms with E-state index >= 15 is 0 Å². The summed E-state index contributed by atoms with van der Waals surface area (Å²) in [5, 5.41) is 0. The van der Waals surface area contributed by atoms with Gasteiger partial charge in [-0.1, -0.05) is 6.07 Å². The number of rotatable bonds is 3. The topological polar surface area (TPSA) is 55.3 Å². The van der Waals surface area contributed by atoms with Crippen molar-refractivity contribution >= 4 is 11.1 Å². The number of nitrogens with two attached hydrogens (primary N) is 1. The first kappa shape index (κ1) is 12.6. The van der Waals surface area contributed by atoms with Gasteiger partial charge in [0.15, 0.2) is 11.5 Å². The third-order valence-corrected chi connectivity index (χ3v) is 4.07. The molecule has 2 aromatic rings. The van der Waals surface area contributed by atoms with Crippen LogP contribution in [0.5, 0.6) is 0 Å². The monoisotopic (exact) mass is 259 g/mol. The van der Waals surface area contributed by atoms with Crippen molar-refractivity contribution in [2.75, 3.05) is 14.1 Å². The van der Waals surface area contributed by atoms with Crippen LogP contribution in [0.25, 0.3) is 11.1 Å². The van der Waals surface area contributed by atoms with Gasteiger partial charge in [-0.05, 0) is 50.6 Å². The standard InChI is InChI=1S/C15H21N3O/c1-9-17-13-5-4-10(8-14(13)19-9)15(18(2)3)11-6-12(16)7-11/h4-5,8,11-12,15H,6-7,16H2,1-3H3. The van der Waals surface area contributed by atoms with Crippen LogP contribution in [-0.4, -0.2) is 30.0 Å². The fourth-order valence-corrected chi connectivity index (χ4v) is 3.20. The van der Waals surface area contributed by atoms with E-state index in [0.29, 0.717) is 18.0 Å². The normalized spacial score (nSPS) is 24.7. The predicted octanol–water partition coefficient (Wildman–Crippen LogP) is 2.48. The second kappa shape index (κ2) is 4.62. The highest BCUT2D eigenvalue weighted by Gasteiger charge is 2.35. The Morgan fingerprint density at radius 2 is 2.11 bits per heavy atom. The van der Waals surface area contributed by atoms with Crippen molar-refractivity contribution < 1.29 is 4.42 Å². The number of fused-ring (bicyclic) bond motifs is 1. The number of hydrogen-bond acceptors (Lipinski definition) is 4. The van der Waals surface area contributed by atoms with E-state index in [9.17, 15) is 0 Å². The lowest BCUT2D eigenvalue weighted by Gasteiger charge is -2.41. The van der Waals surface area contributed by atoms with Crippen LogP contribution in [-0.2, 0) is 0 Å². The van der Waals surface area contributed by atoms with Gasteiger partial charge in [0, 0.05) is 19.0 Å². The molecule has 1 aromatic carbocycles. The summed E-state index contributed by atoms with van der Waals surface area (Å²) >= 11 is 0. The molecule has 0 saturated heterocycles. The van der Waals surface area contributed by atoms with Crippen molar-refractivity contribution in [3.8, 4) is 0 Å².